The third kappa shape index (κ3) is 10.3. The first kappa shape index (κ1) is 60.9. The normalized spacial score (nSPS) is 12.9. The Balaban J connectivity index is 0.896. The second-order valence-corrected chi connectivity index (χ2v) is 29.1. The molecule has 0 N–H and O–H groups in total. The minimum absolute atomic E-state index is 0.0165. The average molecular weight is 1320 g/mol. The molecule has 19 rings (SSSR count). The Bertz CT molecular complexity index is 5640. The second kappa shape index (κ2) is 24.9. The Morgan fingerprint density at radius 1 is 0.265 bits per heavy atom. The Kier molecular flexibility index (Phi) is 14.9. The summed E-state index contributed by atoms with van der Waals surface area (Å²) in [4.78, 5) is 15.1. The zero-order chi connectivity index (χ0) is 68.0. The topological polar surface area (TPSA) is 16.2 Å². The molecular formula is C94H69B2N5S. The summed E-state index contributed by atoms with van der Waals surface area (Å²) in [5, 5.41) is 0. The molecular weight excluding hydrogens is 1250 g/mol. The highest BCUT2D eigenvalue weighted by atomic mass is 32.2. The Labute approximate surface area is 602 Å². The molecule has 5 nitrogen and oxygen atoms in total. The van der Waals surface area contributed by atoms with Crippen molar-refractivity contribution in [3.63, 3.8) is 0 Å². The van der Waals surface area contributed by atoms with Gasteiger partial charge in [0, 0.05) is 89.2 Å². The monoisotopic (exact) mass is 1320 g/mol. The molecule has 0 aromatic heterocycles. The fourth-order valence-electron chi connectivity index (χ4n) is 16.4. The molecule has 0 amide bonds. The minimum Gasteiger partial charge on any atom is -0.311 e. The van der Waals surface area contributed by atoms with Gasteiger partial charge in [0.05, 0.1) is 17.1 Å². The van der Waals surface area contributed by atoms with E-state index in [0.717, 1.165) is 102 Å². The molecule has 0 fully saturated rings. The Hall–Kier alpha value is -12.2. The van der Waals surface area contributed by atoms with Crippen molar-refractivity contribution >= 4 is 143 Å². The van der Waals surface area contributed by atoms with Crippen LogP contribution in [0.25, 0.3) is 33.4 Å². The highest BCUT2D eigenvalue weighted by Crippen LogP contribution is 2.53. The van der Waals surface area contributed by atoms with Crippen molar-refractivity contribution < 1.29 is 0 Å². The number of anilines is 15. The molecule has 4 aliphatic heterocycles. The second-order valence-electron chi connectivity index (χ2n) is 28.0. The summed E-state index contributed by atoms with van der Waals surface area (Å²) in [6.07, 6.45) is 0. The standard InChI is InChI=1S/C94H69B2N5S/c1-94(2,3)68-54-50-67(51-55-68)77-43-23-27-47-83(77)101-86-63-90-81(62-80(86)95-78-44-24-28-48-84(78)99(71-38-18-8-19-39-71)87-58-74(59-88(101)92(87)95)97(69-34-14-6-15-35-69)70-36-16-7-17-37-70)96-79-45-25-29-49-85(79)100(72-40-20-9-21-41-72)89-60-75(61-91(102-90)93(89)96)98(73-56-52-65(53-57-73)64-30-10-4-11-31-64)82-46-26-22-42-76(82)66-32-12-5-13-33-66/h4-63H,1-3H3. The van der Waals surface area contributed by atoms with Gasteiger partial charge in [0.15, 0.2) is 0 Å². The number of hydrogen-bond acceptors (Lipinski definition) is 6. The van der Waals surface area contributed by atoms with E-state index in [2.05, 4.69) is 409 Å². The predicted molar refractivity (Wildman–Crippen MR) is 435 cm³/mol. The quantitative estimate of drug-likeness (QED) is 0.113. The van der Waals surface area contributed by atoms with Crippen LogP contribution in [0.3, 0.4) is 0 Å². The van der Waals surface area contributed by atoms with E-state index in [1.807, 2.05) is 11.8 Å². The third-order valence-electron chi connectivity index (χ3n) is 21.0. The molecule has 0 radical (unpaired) electrons. The summed E-state index contributed by atoms with van der Waals surface area (Å²) in [6.45, 7) is 6.60. The predicted octanol–water partition coefficient (Wildman–Crippen LogP) is 21.8. The van der Waals surface area contributed by atoms with Crippen LogP contribution in [0, 0.1) is 0 Å². The third-order valence-corrected chi connectivity index (χ3v) is 22.1. The number of rotatable bonds is 12. The fourth-order valence-corrected chi connectivity index (χ4v) is 17.6. The Morgan fingerprint density at radius 2 is 0.686 bits per heavy atom. The minimum atomic E-state index is -0.170. The van der Waals surface area contributed by atoms with Crippen molar-refractivity contribution in [2.24, 2.45) is 0 Å². The van der Waals surface area contributed by atoms with E-state index in [1.165, 1.54) is 64.9 Å². The molecule has 4 aliphatic rings. The summed E-state index contributed by atoms with van der Waals surface area (Å²) in [6, 6.07) is 136. The van der Waals surface area contributed by atoms with Gasteiger partial charge < -0.3 is 24.5 Å². The number of hydrogen-bond donors (Lipinski definition) is 0. The lowest BCUT2D eigenvalue weighted by atomic mass is 9.31. The summed E-state index contributed by atoms with van der Waals surface area (Å²) in [5.41, 5.74) is 32.6. The maximum Gasteiger partial charge on any atom is 0.252 e. The maximum atomic E-state index is 2.66. The summed E-state index contributed by atoms with van der Waals surface area (Å²) in [5.74, 6) is 0. The number of para-hydroxylation sites is 8. The molecule has 15 aromatic rings. The largest absolute Gasteiger partial charge is 0.311 e. The Morgan fingerprint density at radius 3 is 1.26 bits per heavy atom. The van der Waals surface area contributed by atoms with Crippen LogP contribution in [-0.4, -0.2) is 13.4 Å². The first-order valence-corrected chi connectivity index (χ1v) is 36.2. The van der Waals surface area contributed by atoms with Crippen LogP contribution in [0.1, 0.15) is 26.3 Å². The van der Waals surface area contributed by atoms with Crippen molar-refractivity contribution in [1.29, 1.82) is 0 Å². The molecule has 0 aliphatic carbocycles. The van der Waals surface area contributed by atoms with Gasteiger partial charge >= 0.3 is 0 Å². The lowest BCUT2D eigenvalue weighted by Crippen LogP contribution is -2.64. The highest BCUT2D eigenvalue weighted by molar-refractivity contribution is 8.00. The molecule has 0 unspecified atom stereocenters. The van der Waals surface area contributed by atoms with E-state index in [4.69, 9.17) is 0 Å². The van der Waals surface area contributed by atoms with E-state index >= 15 is 0 Å². The first-order chi connectivity index (χ1) is 50.3. The lowest BCUT2D eigenvalue weighted by Gasteiger charge is -2.46. The van der Waals surface area contributed by atoms with Gasteiger partial charge in [-0.15, -0.1) is 0 Å². The molecule has 482 valence electrons. The van der Waals surface area contributed by atoms with Crippen LogP contribution in [0.15, 0.2) is 374 Å². The highest BCUT2D eigenvalue weighted by Gasteiger charge is 2.48. The number of nitrogens with zero attached hydrogens (tertiary/aromatic N) is 5. The smallest absolute Gasteiger partial charge is 0.252 e. The molecule has 0 spiro atoms. The van der Waals surface area contributed by atoms with Crippen LogP contribution in [0.2, 0.25) is 0 Å². The van der Waals surface area contributed by atoms with Crippen molar-refractivity contribution in [3.8, 4) is 33.4 Å². The van der Waals surface area contributed by atoms with Crippen LogP contribution < -0.4 is 57.3 Å². The zero-order valence-corrected chi connectivity index (χ0v) is 57.8. The van der Waals surface area contributed by atoms with Gasteiger partial charge in [-0.05, 0) is 176 Å². The molecule has 4 heterocycles. The molecule has 0 saturated heterocycles. The van der Waals surface area contributed by atoms with Gasteiger partial charge in [-0.1, -0.05) is 287 Å². The van der Waals surface area contributed by atoms with Gasteiger partial charge in [0.1, 0.15) is 0 Å². The van der Waals surface area contributed by atoms with Gasteiger partial charge in [0.2, 0.25) is 6.71 Å². The summed E-state index contributed by atoms with van der Waals surface area (Å²) >= 11 is 1.91. The van der Waals surface area contributed by atoms with Crippen molar-refractivity contribution in [1.82, 2.24) is 0 Å². The average Bonchev–Trinajstić information content (AvgIpc) is 0.689. The van der Waals surface area contributed by atoms with Gasteiger partial charge in [-0.25, -0.2) is 0 Å². The van der Waals surface area contributed by atoms with E-state index in [9.17, 15) is 0 Å². The molecule has 0 bridgehead atoms. The molecule has 0 saturated carbocycles. The summed E-state index contributed by atoms with van der Waals surface area (Å²) < 4.78 is 0. The zero-order valence-electron chi connectivity index (χ0n) is 56.9. The van der Waals surface area contributed by atoms with Gasteiger partial charge in [-0.2, -0.15) is 0 Å². The van der Waals surface area contributed by atoms with E-state index in [-0.39, 0.29) is 18.8 Å². The van der Waals surface area contributed by atoms with Crippen LogP contribution >= 0.6 is 11.8 Å². The number of fused-ring (bicyclic) bond motifs is 8. The number of benzene rings is 15. The SMILES string of the molecule is CC(C)(C)c1ccc(-c2ccccc2N2c3cc4c(cc3B3c5ccccc5N(c5ccccc5)c5cc(N(c6ccccc6)c6ccccc6)cc2c53)B2c3ccccc3N(c3ccccc3)c3cc(N(c5ccc(-c6ccccc6)cc5)c5ccccc5-c5ccccc5)cc(c32)S4)cc1. The fraction of sp³-hybridized carbons (Fsp3) is 0.0426. The van der Waals surface area contributed by atoms with E-state index < -0.39 is 0 Å². The van der Waals surface area contributed by atoms with E-state index in [1.54, 1.807) is 0 Å². The summed E-state index contributed by atoms with van der Waals surface area (Å²) in [7, 11) is 0. The molecule has 8 heteroatoms. The van der Waals surface area contributed by atoms with Crippen LogP contribution in [0.5, 0.6) is 0 Å². The maximum absolute atomic E-state index is 2.66. The molecule has 0 atom stereocenters. The van der Waals surface area contributed by atoms with Crippen molar-refractivity contribution in [2.45, 2.75) is 36.0 Å². The van der Waals surface area contributed by atoms with Crippen molar-refractivity contribution in [3.05, 3.63) is 370 Å². The van der Waals surface area contributed by atoms with E-state index in [0.29, 0.717) is 0 Å². The van der Waals surface area contributed by atoms with Crippen molar-refractivity contribution in [2.75, 3.05) is 24.5 Å². The molecule has 102 heavy (non-hydrogen) atoms. The lowest BCUT2D eigenvalue weighted by molar-refractivity contribution is 0.590. The van der Waals surface area contributed by atoms with Gasteiger partial charge in [-0.3, -0.25) is 0 Å². The molecule has 15 aromatic carbocycles. The van der Waals surface area contributed by atoms with Crippen LogP contribution in [-0.2, 0) is 5.41 Å². The van der Waals surface area contributed by atoms with Gasteiger partial charge in [0.25, 0.3) is 6.71 Å². The van der Waals surface area contributed by atoms with Crippen LogP contribution in [0.4, 0.5) is 85.3 Å². The first-order valence-electron chi connectivity index (χ1n) is 35.4.